The highest BCUT2D eigenvalue weighted by atomic mass is 32.2. The summed E-state index contributed by atoms with van der Waals surface area (Å²) in [6, 6.07) is 0.301. The van der Waals surface area contributed by atoms with E-state index in [1.807, 2.05) is 7.05 Å². The van der Waals surface area contributed by atoms with Crippen LogP contribution in [0.3, 0.4) is 0 Å². The molecule has 1 rings (SSSR count). The molecule has 66 valence electrons. The van der Waals surface area contributed by atoms with Crippen molar-refractivity contribution >= 4 is 9.84 Å². The molecule has 1 aliphatic heterocycles. The smallest absolute Gasteiger partial charge is 0.163 e. The van der Waals surface area contributed by atoms with E-state index in [-0.39, 0.29) is 5.37 Å². The number of hydrogen-bond acceptors (Lipinski definition) is 4. The van der Waals surface area contributed by atoms with Crippen LogP contribution in [-0.4, -0.2) is 39.7 Å². The SMILES string of the molecule is CNC1CNC(S(C)(=O)=O)C1. The summed E-state index contributed by atoms with van der Waals surface area (Å²) in [5.74, 6) is 0. The lowest BCUT2D eigenvalue weighted by Crippen LogP contribution is -2.29. The molecule has 2 N–H and O–H groups in total. The number of likely N-dealkylation sites (N-methyl/N-ethyl adjacent to an activating group) is 1. The van der Waals surface area contributed by atoms with Crippen LogP contribution < -0.4 is 10.6 Å². The summed E-state index contributed by atoms with van der Waals surface area (Å²) in [4.78, 5) is 0. The first-order chi connectivity index (χ1) is 5.04. The fraction of sp³-hybridized carbons (Fsp3) is 1.00. The van der Waals surface area contributed by atoms with Crippen LogP contribution in [0.5, 0.6) is 0 Å². The molecule has 0 aromatic heterocycles. The molecule has 0 amide bonds. The Morgan fingerprint density at radius 1 is 1.55 bits per heavy atom. The molecule has 1 fully saturated rings. The summed E-state index contributed by atoms with van der Waals surface area (Å²) >= 11 is 0. The van der Waals surface area contributed by atoms with Crippen molar-refractivity contribution in [3.05, 3.63) is 0 Å². The molecule has 0 saturated carbocycles. The maximum Gasteiger partial charge on any atom is 0.163 e. The highest BCUT2D eigenvalue weighted by Crippen LogP contribution is 2.10. The van der Waals surface area contributed by atoms with E-state index in [4.69, 9.17) is 0 Å². The second-order valence-electron chi connectivity index (χ2n) is 2.95. The molecule has 0 aromatic carbocycles. The Bertz CT molecular complexity index is 225. The molecule has 0 aromatic rings. The van der Waals surface area contributed by atoms with Crippen LogP contribution in [0.2, 0.25) is 0 Å². The quantitative estimate of drug-likeness (QED) is 0.566. The molecular formula is C6H14N2O2S. The first-order valence-electron chi connectivity index (χ1n) is 3.63. The van der Waals surface area contributed by atoms with E-state index in [0.29, 0.717) is 12.5 Å². The Morgan fingerprint density at radius 3 is 2.45 bits per heavy atom. The fourth-order valence-electron chi connectivity index (χ4n) is 1.24. The van der Waals surface area contributed by atoms with Crippen molar-refractivity contribution in [3.63, 3.8) is 0 Å². The Balaban J connectivity index is 2.55. The minimum Gasteiger partial charge on any atom is -0.316 e. The zero-order valence-electron chi connectivity index (χ0n) is 6.79. The van der Waals surface area contributed by atoms with Gasteiger partial charge in [-0.15, -0.1) is 0 Å². The molecule has 4 nitrogen and oxygen atoms in total. The Labute approximate surface area is 67.3 Å². The largest absolute Gasteiger partial charge is 0.316 e. The molecule has 1 aliphatic rings. The standard InChI is InChI=1S/C6H14N2O2S/c1-7-5-3-6(8-4-5)11(2,9)10/h5-8H,3-4H2,1-2H3. The molecule has 11 heavy (non-hydrogen) atoms. The molecule has 5 heteroatoms. The summed E-state index contributed by atoms with van der Waals surface area (Å²) in [6.07, 6.45) is 1.94. The topological polar surface area (TPSA) is 58.2 Å². The van der Waals surface area contributed by atoms with Gasteiger partial charge in [0.05, 0.1) is 0 Å². The van der Waals surface area contributed by atoms with Gasteiger partial charge in [-0.1, -0.05) is 0 Å². The van der Waals surface area contributed by atoms with Crippen LogP contribution in [0.4, 0.5) is 0 Å². The van der Waals surface area contributed by atoms with E-state index >= 15 is 0 Å². The van der Waals surface area contributed by atoms with Crippen LogP contribution in [0.1, 0.15) is 6.42 Å². The van der Waals surface area contributed by atoms with Gasteiger partial charge in [0.25, 0.3) is 0 Å². The van der Waals surface area contributed by atoms with Crippen molar-refractivity contribution in [3.8, 4) is 0 Å². The van der Waals surface area contributed by atoms with Crippen molar-refractivity contribution in [2.75, 3.05) is 19.8 Å². The van der Waals surface area contributed by atoms with E-state index < -0.39 is 9.84 Å². The van der Waals surface area contributed by atoms with Crippen molar-refractivity contribution < 1.29 is 8.42 Å². The second kappa shape index (κ2) is 3.08. The van der Waals surface area contributed by atoms with Gasteiger partial charge in [0.15, 0.2) is 9.84 Å². The molecule has 0 aliphatic carbocycles. The van der Waals surface area contributed by atoms with E-state index in [9.17, 15) is 8.42 Å². The van der Waals surface area contributed by atoms with E-state index in [0.717, 1.165) is 6.54 Å². The van der Waals surface area contributed by atoms with Crippen LogP contribution >= 0.6 is 0 Å². The molecule has 1 saturated heterocycles. The minimum absolute atomic E-state index is 0.301. The molecule has 2 unspecified atom stereocenters. The predicted molar refractivity (Wildman–Crippen MR) is 44.1 cm³/mol. The van der Waals surface area contributed by atoms with Gasteiger partial charge in [0.1, 0.15) is 5.37 Å². The number of hydrogen-bond donors (Lipinski definition) is 2. The van der Waals surface area contributed by atoms with Gasteiger partial charge >= 0.3 is 0 Å². The Morgan fingerprint density at radius 2 is 2.18 bits per heavy atom. The van der Waals surface area contributed by atoms with Crippen LogP contribution in [0.25, 0.3) is 0 Å². The predicted octanol–water partition coefficient (Wildman–Crippen LogP) is -1.06. The van der Waals surface area contributed by atoms with Crippen molar-refractivity contribution in [1.29, 1.82) is 0 Å². The number of nitrogens with one attached hydrogen (secondary N) is 2. The lowest BCUT2D eigenvalue weighted by molar-refractivity contribution is 0.571. The number of rotatable bonds is 2. The van der Waals surface area contributed by atoms with Crippen LogP contribution in [0, 0.1) is 0 Å². The first kappa shape index (κ1) is 8.96. The third-order valence-corrected chi connectivity index (χ3v) is 3.41. The van der Waals surface area contributed by atoms with Crippen molar-refractivity contribution in [2.45, 2.75) is 17.8 Å². The van der Waals surface area contributed by atoms with Crippen LogP contribution in [0.15, 0.2) is 0 Å². The van der Waals surface area contributed by atoms with Crippen molar-refractivity contribution in [1.82, 2.24) is 10.6 Å². The fourth-order valence-corrected chi connectivity index (χ4v) is 2.23. The third kappa shape index (κ3) is 2.15. The van der Waals surface area contributed by atoms with Gasteiger partial charge in [-0.05, 0) is 13.5 Å². The lowest BCUT2D eigenvalue weighted by Gasteiger charge is -2.06. The Kier molecular flexibility index (Phi) is 2.51. The normalized spacial score (nSPS) is 32.5. The molecule has 0 bridgehead atoms. The lowest BCUT2D eigenvalue weighted by atomic mass is 10.3. The number of sulfone groups is 1. The van der Waals surface area contributed by atoms with Gasteiger partial charge in [0, 0.05) is 18.8 Å². The average Bonchev–Trinajstić information content (AvgIpc) is 2.32. The minimum atomic E-state index is -2.90. The van der Waals surface area contributed by atoms with Gasteiger partial charge in [0.2, 0.25) is 0 Å². The van der Waals surface area contributed by atoms with Crippen molar-refractivity contribution in [2.24, 2.45) is 0 Å². The summed E-state index contributed by atoms with van der Waals surface area (Å²) in [6.45, 7) is 0.744. The molecule has 0 radical (unpaired) electrons. The zero-order chi connectivity index (χ0) is 8.48. The van der Waals surface area contributed by atoms with E-state index in [1.165, 1.54) is 6.26 Å². The van der Waals surface area contributed by atoms with Gasteiger partial charge in [-0.2, -0.15) is 0 Å². The molecule has 2 atom stereocenters. The highest BCUT2D eigenvalue weighted by molar-refractivity contribution is 7.91. The Hall–Kier alpha value is -0.130. The molecular weight excluding hydrogens is 164 g/mol. The summed E-state index contributed by atoms with van der Waals surface area (Å²) in [5, 5.41) is 5.64. The van der Waals surface area contributed by atoms with Gasteiger partial charge in [-0.25, -0.2) is 8.42 Å². The summed E-state index contributed by atoms with van der Waals surface area (Å²) < 4.78 is 22.0. The van der Waals surface area contributed by atoms with Gasteiger partial charge < -0.3 is 5.32 Å². The van der Waals surface area contributed by atoms with E-state index in [2.05, 4.69) is 10.6 Å². The average molecular weight is 178 g/mol. The molecule has 1 heterocycles. The summed E-state index contributed by atoms with van der Waals surface area (Å²) in [7, 11) is -1.05. The molecule has 0 spiro atoms. The third-order valence-electron chi connectivity index (χ3n) is 2.02. The monoisotopic (exact) mass is 178 g/mol. The van der Waals surface area contributed by atoms with E-state index in [1.54, 1.807) is 0 Å². The van der Waals surface area contributed by atoms with Gasteiger partial charge in [-0.3, -0.25) is 5.32 Å². The summed E-state index contributed by atoms with van der Waals surface area (Å²) in [5.41, 5.74) is 0. The maximum absolute atomic E-state index is 11.0. The second-order valence-corrected chi connectivity index (χ2v) is 5.18. The zero-order valence-corrected chi connectivity index (χ0v) is 7.61. The first-order valence-corrected chi connectivity index (χ1v) is 5.59. The van der Waals surface area contributed by atoms with Crippen LogP contribution in [-0.2, 0) is 9.84 Å². The maximum atomic E-state index is 11.0. The highest BCUT2D eigenvalue weighted by Gasteiger charge is 2.29.